The highest BCUT2D eigenvalue weighted by atomic mass is 32.1. The fourth-order valence-electron chi connectivity index (χ4n) is 3.18. The number of hydrogen-bond donors (Lipinski definition) is 1. The summed E-state index contributed by atoms with van der Waals surface area (Å²) in [6.07, 6.45) is 3.20. The first kappa shape index (κ1) is 16.9. The molecule has 26 heavy (non-hydrogen) atoms. The summed E-state index contributed by atoms with van der Waals surface area (Å²) in [5, 5.41) is 2.82. The van der Waals surface area contributed by atoms with Gasteiger partial charge in [-0.3, -0.25) is 4.79 Å². The summed E-state index contributed by atoms with van der Waals surface area (Å²) in [5.41, 5.74) is 2.13. The average molecular weight is 373 g/mol. The van der Waals surface area contributed by atoms with E-state index in [1.807, 2.05) is 31.2 Å². The van der Waals surface area contributed by atoms with Gasteiger partial charge < -0.3 is 19.5 Å². The minimum atomic E-state index is -0.435. The van der Waals surface area contributed by atoms with Crippen molar-refractivity contribution < 1.29 is 23.8 Å². The molecule has 0 saturated carbocycles. The van der Waals surface area contributed by atoms with Crippen molar-refractivity contribution in [2.24, 2.45) is 0 Å². The third-order valence-corrected chi connectivity index (χ3v) is 5.77. The van der Waals surface area contributed by atoms with E-state index in [0.717, 1.165) is 24.8 Å². The summed E-state index contributed by atoms with van der Waals surface area (Å²) in [7, 11) is 0. The summed E-state index contributed by atoms with van der Waals surface area (Å²) in [4.78, 5) is 26.0. The van der Waals surface area contributed by atoms with E-state index < -0.39 is 5.97 Å². The third-order valence-electron chi connectivity index (χ3n) is 4.56. The summed E-state index contributed by atoms with van der Waals surface area (Å²) < 4.78 is 15.8. The number of ether oxygens (including phenoxy) is 3. The van der Waals surface area contributed by atoms with Crippen LogP contribution >= 0.6 is 11.3 Å². The summed E-state index contributed by atoms with van der Waals surface area (Å²) in [6, 6.07) is 7.18. The van der Waals surface area contributed by atoms with Crippen LogP contribution in [0, 0.1) is 0 Å². The zero-order chi connectivity index (χ0) is 18.1. The molecule has 4 rings (SSSR count). The van der Waals surface area contributed by atoms with Crippen LogP contribution in [0.1, 0.15) is 45.1 Å². The number of aryl methyl sites for hydroxylation is 2. The molecule has 6 nitrogen and oxygen atoms in total. The van der Waals surface area contributed by atoms with Crippen LogP contribution < -0.4 is 14.8 Å². The van der Waals surface area contributed by atoms with Crippen LogP contribution in [-0.2, 0) is 22.4 Å². The Morgan fingerprint density at radius 1 is 1.23 bits per heavy atom. The van der Waals surface area contributed by atoms with Crippen LogP contribution in [0.3, 0.4) is 0 Å². The smallest absolute Gasteiger partial charge is 0.348 e. The van der Waals surface area contributed by atoms with Gasteiger partial charge in [-0.1, -0.05) is 6.07 Å². The maximum Gasteiger partial charge on any atom is 0.348 e. The first-order valence-electron chi connectivity index (χ1n) is 8.58. The molecule has 2 aliphatic rings. The van der Waals surface area contributed by atoms with Gasteiger partial charge in [-0.25, -0.2) is 4.79 Å². The van der Waals surface area contributed by atoms with Crippen LogP contribution in [0.25, 0.3) is 0 Å². The molecule has 1 aromatic carbocycles. The van der Waals surface area contributed by atoms with E-state index in [2.05, 4.69) is 5.32 Å². The van der Waals surface area contributed by atoms with Gasteiger partial charge in [0.25, 0.3) is 5.91 Å². The van der Waals surface area contributed by atoms with Crippen molar-refractivity contribution >= 4 is 23.2 Å². The number of benzene rings is 1. The van der Waals surface area contributed by atoms with Crippen LogP contribution in [0.2, 0.25) is 0 Å². The van der Waals surface area contributed by atoms with E-state index in [4.69, 9.17) is 14.2 Å². The minimum absolute atomic E-state index is 0.210. The molecular formula is C19H19NO5S. The Bertz CT molecular complexity index is 838. The number of hydrogen-bond acceptors (Lipinski definition) is 6. The van der Waals surface area contributed by atoms with Crippen LogP contribution in [0.15, 0.2) is 24.3 Å². The van der Waals surface area contributed by atoms with E-state index >= 15 is 0 Å². The van der Waals surface area contributed by atoms with Gasteiger partial charge in [0.05, 0.1) is 6.04 Å². The molecule has 2 aromatic rings. The molecular weight excluding hydrogens is 354 g/mol. The van der Waals surface area contributed by atoms with E-state index in [-0.39, 0.29) is 25.3 Å². The maximum atomic E-state index is 12.1. The molecule has 136 valence electrons. The highest BCUT2D eigenvalue weighted by Crippen LogP contribution is 2.34. The van der Waals surface area contributed by atoms with Gasteiger partial charge in [0.2, 0.25) is 6.79 Å². The largest absolute Gasteiger partial charge is 0.454 e. The topological polar surface area (TPSA) is 73.9 Å². The lowest BCUT2D eigenvalue weighted by atomic mass is 10.1. The Morgan fingerprint density at radius 3 is 2.92 bits per heavy atom. The summed E-state index contributed by atoms with van der Waals surface area (Å²) in [6.45, 7) is 1.78. The van der Waals surface area contributed by atoms with Gasteiger partial charge in [-0.15, -0.1) is 11.3 Å². The predicted octanol–water partition coefficient (Wildman–Crippen LogP) is 3.00. The number of carbonyl (C=O) groups excluding carboxylic acids is 2. The van der Waals surface area contributed by atoms with Gasteiger partial charge in [0.1, 0.15) is 4.88 Å². The van der Waals surface area contributed by atoms with Crippen LogP contribution in [0.5, 0.6) is 11.5 Å². The zero-order valence-electron chi connectivity index (χ0n) is 14.4. The predicted molar refractivity (Wildman–Crippen MR) is 95.7 cm³/mol. The van der Waals surface area contributed by atoms with Crippen molar-refractivity contribution in [2.75, 3.05) is 13.4 Å². The number of amides is 1. The maximum absolute atomic E-state index is 12.1. The molecule has 0 radical (unpaired) electrons. The Balaban J connectivity index is 1.30. The molecule has 1 aliphatic heterocycles. The zero-order valence-corrected chi connectivity index (χ0v) is 15.2. The Labute approximate surface area is 155 Å². The monoisotopic (exact) mass is 373 g/mol. The number of carbonyl (C=O) groups is 2. The Morgan fingerprint density at radius 2 is 2.08 bits per heavy atom. The first-order valence-corrected chi connectivity index (χ1v) is 9.39. The molecule has 1 amide bonds. The van der Waals surface area contributed by atoms with E-state index in [1.165, 1.54) is 21.8 Å². The highest BCUT2D eigenvalue weighted by Gasteiger charge is 2.21. The molecule has 1 unspecified atom stereocenters. The molecule has 2 heterocycles. The fourth-order valence-corrected chi connectivity index (χ4v) is 4.33. The van der Waals surface area contributed by atoms with Crippen molar-refractivity contribution in [1.29, 1.82) is 0 Å². The van der Waals surface area contributed by atoms with E-state index in [1.54, 1.807) is 0 Å². The number of thiophene rings is 1. The van der Waals surface area contributed by atoms with Crippen LogP contribution in [0.4, 0.5) is 0 Å². The number of rotatable bonds is 5. The third kappa shape index (κ3) is 3.39. The van der Waals surface area contributed by atoms with Crippen LogP contribution in [-0.4, -0.2) is 25.3 Å². The lowest BCUT2D eigenvalue weighted by Crippen LogP contribution is -2.31. The quantitative estimate of drug-likeness (QED) is 0.816. The van der Waals surface area contributed by atoms with Crippen molar-refractivity contribution in [3.05, 3.63) is 45.1 Å². The highest BCUT2D eigenvalue weighted by molar-refractivity contribution is 7.14. The number of esters is 1. The molecule has 0 spiro atoms. The normalized spacial score (nSPS) is 15.4. The molecule has 1 atom stereocenters. The van der Waals surface area contributed by atoms with Gasteiger partial charge in [-0.05, 0) is 55.5 Å². The van der Waals surface area contributed by atoms with Crippen molar-refractivity contribution in [3.63, 3.8) is 0 Å². The van der Waals surface area contributed by atoms with Crippen molar-refractivity contribution in [2.45, 2.75) is 32.2 Å². The van der Waals surface area contributed by atoms with E-state index in [9.17, 15) is 9.59 Å². The summed E-state index contributed by atoms with van der Waals surface area (Å²) in [5.74, 6) is 0.590. The first-order chi connectivity index (χ1) is 12.6. The second-order valence-electron chi connectivity index (χ2n) is 6.39. The lowest BCUT2D eigenvalue weighted by molar-refractivity contribution is -0.124. The second-order valence-corrected chi connectivity index (χ2v) is 7.53. The second kappa shape index (κ2) is 6.99. The molecule has 0 fully saturated rings. The Hall–Kier alpha value is -2.54. The molecule has 7 heteroatoms. The molecule has 0 bridgehead atoms. The van der Waals surface area contributed by atoms with Gasteiger partial charge in [-0.2, -0.15) is 0 Å². The standard InChI is InChI=1S/C19H19NO5S/c1-11(12-5-6-14-15(7-12)25-10-24-14)20-18(21)9-23-19(22)17-8-13-3-2-4-16(13)26-17/h5-8,11H,2-4,9-10H2,1H3,(H,20,21). The van der Waals surface area contributed by atoms with Gasteiger partial charge in [0.15, 0.2) is 18.1 Å². The fraction of sp³-hybridized carbons (Fsp3) is 0.368. The van der Waals surface area contributed by atoms with Gasteiger partial charge >= 0.3 is 5.97 Å². The SMILES string of the molecule is CC(NC(=O)COC(=O)c1cc2c(s1)CCC2)c1ccc2c(c1)OCO2. The molecule has 0 saturated heterocycles. The molecule has 1 N–H and O–H groups in total. The molecule has 1 aromatic heterocycles. The van der Waals surface area contributed by atoms with Crippen molar-refractivity contribution in [3.8, 4) is 11.5 Å². The lowest BCUT2D eigenvalue weighted by Gasteiger charge is -2.14. The number of nitrogens with one attached hydrogen (secondary N) is 1. The Kier molecular flexibility index (Phi) is 4.55. The minimum Gasteiger partial charge on any atom is -0.454 e. The van der Waals surface area contributed by atoms with Gasteiger partial charge in [0, 0.05) is 4.88 Å². The summed E-state index contributed by atoms with van der Waals surface area (Å²) >= 11 is 1.47. The molecule has 1 aliphatic carbocycles. The van der Waals surface area contributed by atoms with E-state index in [0.29, 0.717) is 16.4 Å². The average Bonchev–Trinajstić information content (AvgIpc) is 3.33. The number of fused-ring (bicyclic) bond motifs is 2. The van der Waals surface area contributed by atoms with Crippen molar-refractivity contribution in [1.82, 2.24) is 5.32 Å².